The Bertz CT molecular complexity index is 1190. The largest absolute Gasteiger partial charge is 0.465 e. The van der Waals surface area contributed by atoms with Crippen LogP contribution in [0.5, 0.6) is 0 Å². The second-order valence-electron chi connectivity index (χ2n) is 8.25. The number of nitriles is 1. The molecule has 0 spiro atoms. The maximum absolute atomic E-state index is 13.1. The van der Waals surface area contributed by atoms with Crippen LogP contribution in [0.25, 0.3) is 11.1 Å². The fraction of sp³-hybridized carbons (Fsp3) is 0.346. The van der Waals surface area contributed by atoms with E-state index in [9.17, 15) is 14.9 Å². The molecule has 32 heavy (non-hydrogen) atoms. The highest BCUT2D eigenvalue weighted by Gasteiger charge is 2.21. The Morgan fingerprint density at radius 1 is 1.12 bits per heavy atom. The highest BCUT2D eigenvalue weighted by Crippen LogP contribution is 2.24. The predicted molar refractivity (Wildman–Crippen MR) is 124 cm³/mol. The third-order valence-electron chi connectivity index (χ3n) is 5.45. The molecule has 0 N–H and O–H groups in total. The summed E-state index contributed by atoms with van der Waals surface area (Å²) in [6.07, 6.45) is 1.17. The van der Waals surface area contributed by atoms with Crippen molar-refractivity contribution in [3.05, 3.63) is 81.3 Å². The Balaban J connectivity index is 1.95. The van der Waals surface area contributed by atoms with Crippen LogP contribution in [-0.2, 0) is 36.0 Å². The first-order valence-electron chi connectivity index (χ1n) is 10.9. The lowest BCUT2D eigenvalue weighted by atomic mass is 9.96. The van der Waals surface area contributed by atoms with Crippen molar-refractivity contribution in [2.45, 2.75) is 40.2 Å². The first-order valence-corrected chi connectivity index (χ1v) is 10.9. The molecular weight excluding hydrogens is 402 g/mol. The van der Waals surface area contributed by atoms with Crippen LogP contribution in [0.3, 0.4) is 0 Å². The van der Waals surface area contributed by atoms with E-state index in [2.05, 4.69) is 19.9 Å². The summed E-state index contributed by atoms with van der Waals surface area (Å²) in [5, 5.41) is 9.36. The smallest absolute Gasteiger partial charge is 0.327 e. The minimum atomic E-state index is -0.352. The number of aromatic nitrogens is 2. The first-order chi connectivity index (χ1) is 15.3. The summed E-state index contributed by atoms with van der Waals surface area (Å²) in [4.78, 5) is 25.2. The minimum Gasteiger partial charge on any atom is -0.465 e. The Hall–Kier alpha value is -3.59. The van der Waals surface area contributed by atoms with Gasteiger partial charge in [0.1, 0.15) is 6.54 Å². The molecule has 0 aliphatic carbocycles. The lowest BCUT2D eigenvalue weighted by molar-refractivity contribution is -0.144. The zero-order valence-electron chi connectivity index (χ0n) is 19.1. The average molecular weight is 432 g/mol. The molecule has 0 radical (unpaired) electrons. The zero-order valence-corrected chi connectivity index (χ0v) is 19.1. The molecule has 0 saturated heterocycles. The fourth-order valence-corrected chi connectivity index (χ4v) is 3.93. The number of hydrogen-bond acceptors (Lipinski definition) is 4. The maximum atomic E-state index is 13.1. The molecule has 3 aromatic rings. The number of benzene rings is 2. The van der Waals surface area contributed by atoms with Crippen molar-refractivity contribution in [2.24, 2.45) is 13.0 Å². The second kappa shape index (κ2) is 10.1. The second-order valence-corrected chi connectivity index (χ2v) is 8.25. The van der Waals surface area contributed by atoms with Gasteiger partial charge >= 0.3 is 5.97 Å². The molecule has 3 rings (SSSR count). The lowest BCUT2D eigenvalue weighted by Gasteiger charge is -2.14. The summed E-state index contributed by atoms with van der Waals surface area (Å²) < 4.78 is 8.36. The first kappa shape index (κ1) is 23.1. The van der Waals surface area contributed by atoms with E-state index in [1.165, 1.54) is 4.68 Å². The molecule has 0 fully saturated rings. The number of nitrogens with zero attached hydrogens (tertiary/aromatic N) is 3. The van der Waals surface area contributed by atoms with E-state index >= 15 is 0 Å². The zero-order chi connectivity index (χ0) is 23.3. The van der Waals surface area contributed by atoms with Crippen molar-refractivity contribution in [1.82, 2.24) is 9.36 Å². The van der Waals surface area contributed by atoms with E-state index in [4.69, 9.17) is 4.74 Å². The number of hydrogen-bond donors (Lipinski definition) is 0. The Labute approximate surface area is 188 Å². The molecule has 6 nitrogen and oxygen atoms in total. The summed E-state index contributed by atoms with van der Waals surface area (Å²) in [5.74, 6) is -0.0241. The van der Waals surface area contributed by atoms with Gasteiger partial charge in [0, 0.05) is 24.7 Å². The van der Waals surface area contributed by atoms with Crippen molar-refractivity contribution >= 4 is 5.97 Å². The van der Waals surface area contributed by atoms with Crippen LogP contribution in [0.2, 0.25) is 0 Å². The molecule has 0 aliphatic heterocycles. The van der Waals surface area contributed by atoms with Crippen LogP contribution in [0, 0.1) is 17.2 Å². The fourth-order valence-electron chi connectivity index (χ4n) is 3.93. The number of ether oxygens (including phenoxy) is 1. The normalized spacial score (nSPS) is 10.9. The number of carbonyl (C=O) groups excluding carboxylic acids is 1. The van der Waals surface area contributed by atoms with Crippen molar-refractivity contribution < 1.29 is 9.53 Å². The van der Waals surface area contributed by atoms with Gasteiger partial charge in [-0.15, -0.1) is 0 Å². The van der Waals surface area contributed by atoms with Gasteiger partial charge in [-0.1, -0.05) is 56.3 Å². The Morgan fingerprint density at radius 2 is 1.81 bits per heavy atom. The van der Waals surface area contributed by atoms with Crippen LogP contribution >= 0.6 is 0 Å². The SMILES string of the molecule is CCOC(=O)Cn1c(CC(C)C)c(Cc2ccc(-c3ccccc3C#N)cc2)c(=O)n1C. The highest BCUT2D eigenvalue weighted by molar-refractivity contribution is 5.70. The predicted octanol–water partition coefficient (Wildman–Crippen LogP) is 4.08. The summed E-state index contributed by atoms with van der Waals surface area (Å²) >= 11 is 0. The van der Waals surface area contributed by atoms with Gasteiger partial charge in [0.15, 0.2) is 0 Å². The van der Waals surface area contributed by atoms with Crippen molar-refractivity contribution in [2.75, 3.05) is 6.61 Å². The molecule has 0 unspecified atom stereocenters. The van der Waals surface area contributed by atoms with E-state index < -0.39 is 0 Å². The molecule has 2 aromatic carbocycles. The van der Waals surface area contributed by atoms with Crippen molar-refractivity contribution in [3.63, 3.8) is 0 Å². The molecular formula is C26H29N3O3. The van der Waals surface area contributed by atoms with Crippen LogP contribution < -0.4 is 5.56 Å². The molecule has 0 atom stereocenters. The molecule has 0 bridgehead atoms. The van der Waals surface area contributed by atoms with Crippen LogP contribution in [0.1, 0.15) is 43.2 Å². The molecule has 6 heteroatoms. The van der Waals surface area contributed by atoms with Gasteiger partial charge < -0.3 is 4.74 Å². The summed E-state index contributed by atoms with van der Waals surface area (Å²) in [5.41, 5.74) is 4.96. The van der Waals surface area contributed by atoms with Crippen LogP contribution in [0.4, 0.5) is 0 Å². The van der Waals surface area contributed by atoms with Crippen LogP contribution in [-0.4, -0.2) is 21.9 Å². The number of esters is 1. The molecule has 0 saturated carbocycles. The van der Waals surface area contributed by atoms with Gasteiger partial charge in [0.25, 0.3) is 5.56 Å². The van der Waals surface area contributed by atoms with Gasteiger partial charge in [0.05, 0.1) is 18.2 Å². The van der Waals surface area contributed by atoms with E-state index in [1.807, 2.05) is 42.5 Å². The highest BCUT2D eigenvalue weighted by atomic mass is 16.5. The molecule has 1 aromatic heterocycles. The molecule has 166 valence electrons. The molecule has 1 heterocycles. The number of rotatable bonds is 8. The van der Waals surface area contributed by atoms with Gasteiger partial charge in [-0.05, 0) is 42.0 Å². The van der Waals surface area contributed by atoms with E-state index in [0.717, 1.165) is 22.4 Å². The van der Waals surface area contributed by atoms with E-state index in [1.54, 1.807) is 24.7 Å². The van der Waals surface area contributed by atoms with Gasteiger partial charge in [-0.3, -0.25) is 19.0 Å². The van der Waals surface area contributed by atoms with Gasteiger partial charge in [-0.25, -0.2) is 0 Å². The van der Waals surface area contributed by atoms with E-state index in [0.29, 0.717) is 36.5 Å². The Kier molecular flexibility index (Phi) is 7.32. The average Bonchev–Trinajstić information content (AvgIpc) is 2.98. The maximum Gasteiger partial charge on any atom is 0.327 e. The summed E-state index contributed by atoms with van der Waals surface area (Å²) in [6.45, 7) is 6.29. The Morgan fingerprint density at radius 3 is 2.44 bits per heavy atom. The third kappa shape index (κ3) is 5.00. The standard InChI is InChI=1S/C26H29N3O3/c1-5-32-25(30)17-29-24(14-18(2)3)23(26(31)28(29)4)15-19-10-12-20(13-11-19)22-9-7-6-8-21(22)16-27/h6-13,18H,5,14-15,17H2,1-4H3. The lowest BCUT2D eigenvalue weighted by Crippen LogP contribution is -2.25. The summed E-state index contributed by atoms with van der Waals surface area (Å²) in [6, 6.07) is 17.7. The van der Waals surface area contributed by atoms with Gasteiger partial charge in [-0.2, -0.15) is 5.26 Å². The van der Waals surface area contributed by atoms with Gasteiger partial charge in [0.2, 0.25) is 0 Å². The molecule has 0 amide bonds. The van der Waals surface area contributed by atoms with E-state index in [-0.39, 0.29) is 18.1 Å². The monoisotopic (exact) mass is 431 g/mol. The third-order valence-corrected chi connectivity index (χ3v) is 5.45. The van der Waals surface area contributed by atoms with Crippen molar-refractivity contribution in [3.8, 4) is 17.2 Å². The van der Waals surface area contributed by atoms with Crippen LogP contribution in [0.15, 0.2) is 53.3 Å². The quantitative estimate of drug-likeness (QED) is 0.504. The topological polar surface area (TPSA) is 77.0 Å². The summed E-state index contributed by atoms with van der Waals surface area (Å²) in [7, 11) is 1.69. The molecule has 0 aliphatic rings. The number of carbonyl (C=O) groups is 1. The van der Waals surface area contributed by atoms with Crippen molar-refractivity contribution in [1.29, 1.82) is 5.26 Å². The minimum absolute atomic E-state index is 0.0194.